The quantitative estimate of drug-likeness (QED) is 0.941. The molecule has 110 valence electrons. The molecule has 1 aromatic heterocycles. The Morgan fingerprint density at radius 3 is 2.67 bits per heavy atom. The minimum atomic E-state index is -0.770. The van der Waals surface area contributed by atoms with Crippen molar-refractivity contribution in [2.24, 2.45) is 7.05 Å². The molecule has 2 rings (SSSR count). The van der Waals surface area contributed by atoms with Gasteiger partial charge in [-0.25, -0.2) is 8.78 Å². The number of amides is 1. The van der Waals surface area contributed by atoms with E-state index >= 15 is 0 Å². The number of hydrogen-bond acceptors (Lipinski definition) is 3. The molecule has 21 heavy (non-hydrogen) atoms. The van der Waals surface area contributed by atoms with Crippen molar-refractivity contribution >= 4 is 11.6 Å². The highest BCUT2D eigenvalue weighted by Gasteiger charge is 2.16. The fourth-order valence-corrected chi connectivity index (χ4v) is 1.73. The van der Waals surface area contributed by atoms with Crippen LogP contribution in [0.25, 0.3) is 0 Å². The summed E-state index contributed by atoms with van der Waals surface area (Å²) < 4.78 is 32.7. The van der Waals surface area contributed by atoms with Crippen LogP contribution in [0.1, 0.15) is 10.4 Å². The first-order valence-corrected chi connectivity index (χ1v) is 5.93. The standard InChI is InChI=1S/C14H12F2N2O3/c1-18-7-9(12(21-2)6-13(18)19)14(20)17-11-5-8(15)3-4-10(11)16/h3-7H,1-2H3,(H,17,20). The number of nitrogens with one attached hydrogen (secondary N) is 1. The summed E-state index contributed by atoms with van der Waals surface area (Å²) in [5.74, 6) is -2.12. The number of halogens is 2. The molecule has 0 fully saturated rings. The van der Waals surface area contributed by atoms with Crippen molar-refractivity contribution in [1.82, 2.24) is 4.57 Å². The molecule has 0 spiro atoms. The maximum Gasteiger partial charge on any atom is 0.261 e. The van der Waals surface area contributed by atoms with E-state index in [0.29, 0.717) is 0 Å². The minimum Gasteiger partial charge on any atom is -0.496 e. The monoisotopic (exact) mass is 294 g/mol. The van der Waals surface area contributed by atoms with E-state index in [1.807, 2.05) is 0 Å². The van der Waals surface area contributed by atoms with E-state index in [9.17, 15) is 18.4 Å². The van der Waals surface area contributed by atoms with E-state index in [1.54, 1.807) is 0 Å². The normalized spacial score (nSPS) is 10.3. The number of nitrogens with zero attached hydrogens (tertiary/aromatic N) is 1. The van der Waals surface area contributed by atoms with Crippen molar-refractivity contribution in [2.45, 2.75) is 0 Å². The van der Waals surface area contributed by atoms with Crippen LogP contribution in [-0.2, 0) is 7.05 Å². The largest absolute Gasteiger partial charge is 0.496 e. The summed E-state index contributed by atoms with van der Waals surface area (Å²) in [6.45, 7) is 0. The zero-order valence-corrected chi connectivity index (χ0v) is 11.3. The van der Waals surface area contributed by atoms with Gasteiger partial charge in [-0.1, -0.05) is 0 Å². The Labute approximate surface area is 118 Å². The van der Waals surface area contributed by atoms with Gasteiger partial charge in [0.15, 0.2) is 0 Å². The summed E-state index contributed by atoms with van der Waals surface area (Å²) in [6, 6.07) is 3.85. The molecule has 1 amide bonds. The van der Waals surface area contributed by atoms with Crippen molar-refractivity contribution in [1.29, 1.82) is 0 Å². The first-order chi connectivity index (χ1) is 9.92. The number of methoxy groups -OCH3 is 1. The zero-order valence-electron chi connectivity index (χ0n) is 11.3. The predicted molar refractivity (Wildman–Crippen MR) is 72.5 cm³/mol. The molecular formula is C14H12F2N2O3. The average molecular weight is 294 g/mol. The van der Waals surface area contributed by atoms with Crippen molar-refractivity contribution in [3.8, 4) is 5.75 Å². The molecule has 0 aliphatic heterocycles. The average Bonchev–Trinajstić information content (AvgIpc) is 2.45. The lowest BCUT2D eigenvalue weighted by Gasteiger charge is -2.11. The van der Waals surface area contributed by atoms with Crippen LogP contribution in [0.2, 0.25) is 0 Å². The second kappa shape index (κ2) is 5.74. The smallest absolute Gasteiger partial charge is 0.261 e. The van der Waals surface area contributed by atoms with Gasteiger partial charge in [0.1, 0.15) is 17.4 Å². The maximum atomic E-state index is 13.5. The van der Waals surface area contributed by atoms with Gasteiger partial charge in [-0.15, -0.1) is 0 Å². The fraction of sp³-hybridized carbons (Fsp3) is 0.143. The summed E-state index contributed by atoms with van der Waals surface area (Å²) in [7, 11) is 2.76. The molecule has 7 heteroatoms. The molecular weight excluding hydrogens is 282 g/mol. The van der Waals surface area contributed by atoms with E-state index < -0.39 is 17.5 Å². The molecule has 5 nitrogen and oxygen atoms in total. The van der Waals surface area contributed by atoms with Gasteiger partial charge in [0.05, 0.1) is 18.4 Å². The third-order valence-electron chi connectivity index (χ3n) is 2.83. The third kappa shape index (κ3) is 3.07. The Hall–Kier alpha value is -2.70. The molecule has 0 aliphatic carbocycles. The molecule has 0 saturated carbocycles. The Balaban J connectivity index is 2.39. The predicted octanol–water partition coefficient (Wildman–Crippen LogP) is 1.92. The van der Waals surface area contributed by atoms with Gasteiger partial charge in [-0.2, -0.15) is 0 Å². The Morgan fingerprint density at radius 2 is 2.00 bits per heavy atom. The number of anilines is 1. The number of hydrogen-bond donors (Lipinski definition) is 1. The molecule has 1 heterocycles. The maximum absolute atomic E-state index is 13.5. The van der Waals surface area contributed by atoms with Crippen LogP contribution in [0.15, 0.2) is 35.3 Å². The molecule has 2 aromatic rings. The topological polar surface area (TPSA) is 60.3 Å². The number of aryl methyl sites for hydroxylation is 1. The van der Waals surface area contributed by atoms with E-state index in [4.69, 9.17) is 4.74 Å². The van der Waals surface area contributed by atoms with Crippen LogP contribution < -0.4 is 15.6 Å². The van der Waals surface area contributed by atoms with Gasteiger partial charge in [0, 0.05) is 25.4 Å². The van der Waals surface area contributed by atoms with Gasteiger partial charge in [0.2, 0.25) is 0 Å². The van der Waals surface area contributed by atoms with E-state index in [1.165, 1.54) is 24.9 Å². The van der Waals surface area contributed by atoms with Crippen molar-refractivity contribution in [2.75, 3.05) is 12.4 Å². The number of carbonyl (C=O) groups is 1. The van der Waals surface area contributed by atoms with Crippen LogP contribution in [0.4, 0.5) is 14.5 Å². The molecule has 0 unspecified atom stereocenters. The first-order valence-electron chi connectivity index (χ1n) is 5.93. The SMILES string of the molecule is COc1cc(=O)n(C)cc1C(=O)Nc1cc(F)ccc1F. The Morgan fingerprint density at radius 1 is 1.29 bits per heavy atom. The number of benzene rings is 1. The van der Waals surface area contributed by atoms with Crippen LogP contribution in [0, 0.1) is 11.6 Å². The zero-order chi connectivity index (χ0) is 15.6. The van der Waals surface area contributed by atoms with E-state index in [-0.39, 0.29) is 22.6 Å². The van der Waals surface area contributed by atoms with E-state index in [2.05, 4.69) is 5.32 Å². The van der Waals surface area contributed by atoms with Crippen LogP contribution in [0.3, 0.4) is 0 Å². The van der Waals surface area contributed by atoms with Gasteiger partial charge < -0.3 is 14.6 Å². The molecule has 0 bridgehead atoms. The highest BCUT2D eigenvalue weighted by atomic mass is 19.1. The third-order valence-corrected chi connectivity index (χ3v) is 2.83. The second-order valence-electron chi connectivity index (χ2n) is 4.28. The van der Waals surface area contributed by atoms with Crippen molar-refractivity contribution in [3.05, 3.63) is 58.0 Å². The fourth-order valence-electron chi connectivity index (χ4n) is 1.73. The number of carbonyl (C=O) groups excluding carboxylic acids is 1. The highest BCUT2D eigenvalue weighted by Crippen LogP contribution is 2.20. The van der Waals surface area contributed by atoms with Gasteiger partial charge in [-0.3, -0.25) is 9.59 Å². The molecule has 0 saturated heterocycles. The number of pyridine rings is 1. The summed E-state index contributed by atoms with van der Waals surface area (Å²) >= 11 is 0. The second-order valence-corrected chi connectivity index (χ2v) is 4.28. The van der Waals surface area contributed by atoms with Crippen LogP contribution in [0.5, 0.6) is 5.75 Å². The minimum absolute atomic E-state index is 0.0308. The van der Waals surface area contributed by atoms with Crippen molar-refractivity contribution in [3.63, 3.8) is 0 Å². The van der Waals surface area contributed by atoms with E-state index in [0.717, 1.165) is 24.3 Å². The summed E-state index contributed by atoms with van der Waals surface area (Å²) in [4.78, 5) is 23.6. The highest BCUT2D eigenvalue weighted by molar-refractivity contribution is 6.06. The number of rotatable bonds is 3. The van der Waals surface area contributed by atoms with Gasteiger partial charge in [-0.05, 0) is 12.1 Å². The lowest BCUT2D eigenvalue weighted by atomic mass is 10.2. The number of aromatic nitrogens is 1. The Kier molecular flexibility index (Phi) is 4.02. The molecule has 0 radical (unpaired) electrons. The van der Waals surface area contributed by atoms with Crippen LogP contribution >= 0.6 is 0 Å². The first kappa shape index (κ1) is 14.7. The molecule has 1 N–H and O–H groups in total. The number of ether oxygens (including phenoxy) is 1. The summed E-state index contributed by atoms with van der Waals surface area (Å²) in [6.07, 6.45) is 1.26. The van der Waals surface area contributed by atoms with Crippen LogP contribution in [-0.4, -0.2) is 17.6 Å². The summed E-state index contributed by atoms with van der Waals surface area (Å²) in [5.41, 5.74) is -0.625. The Bertz CT molecular complexity index is 756. The molecule has 0 aliphatic rings. The lowest BCUT2D eigenvalue weighted by Crippen LogP contribution is -2.21. The summed E-state index contributed by atoms with van der Waals surface area (Å²) in [5, 5.41) is 2.24. The lowest BCUT2D eigenvalue weighted by molar-refractivity contribution is 0.102. The van der Waals surface area contributed by atoms with Crippen molar-refractivity contribution < 1.29 is 18.3 Å². The van der Waals surface area contributed by atoms with Gasteiger partial charge >= 0.3 is 0 Å². The molecule has 1 aromatic carbocycles. The van der Waals surface area contributed by atoms with Gasteiger partial charge in [0.25, 0.3) is 11.5 Å². The molecule has 0 atom stereocenters.